The predicted molar refractivity (Wildman–Crippen MR) is 130 cm³/mol. The summed E-state index contributed by atoms with van der Waals surface area (Å²) in [6.07, 6.45) is 0.781. The summed E-state index contributed by atoms with van der Waals surface area (Å²) in [6, 6.07) is 13.2. The first-order valence-corrected chi connectivity index (χ1v) is 11.4. The molecule has 0 fully saturated rings. The van der Waals surface area contributed by atoms with Crippen molar-refractivity contribution < 1.29 is 4.79 Å². The van der Waals surface area contributed by atoms with E-state index in [1.807, 2.05) is 58.0 Å². The number of benzene rings is 2. The van der Waals surface area contributed by atoms with Crippen molar-refractivity contribution in [1.82, 2.24) is 9.13 Å². The first-order valence-electron chi connectivity index (χ1n) is 10.5. The van der Waals surface area contributed by atoms with Gasteiger partial charge in [0.1, 0.15) is 11.2 Å². The van der Waals surface area contributed by atoms with Crippen molar-refractivity contribution >= 4 is 33.1 Å². The highest BCUT2D eigenvalue weighted by molar-refractivity contribution is 7.17. The van der Waals surface area contributed by atoms with Crippen molar-refractivity contribution in [3.63, 3.8) is 0 Å². The summed E-state index contributed by atoms with van der Waals surface area (Å²) in [5, 5.41) is 4.74. The molecule has 32 heavy (non-hydrogen) atoms. The molecule has 4 rings (SSSR count). The summed E-state index contributed by atoms with van der Waals surface area (Å²) in [5.41, 5.74) is 4.75. The van der Waals surface area contributed by atoms with Crippen LogP contribution in [0.25, 0.3) is 15.9 Å². The monoisotopic (exact) mass is 447 g/mol. The van der Waals surface area contributed by atoms with Crippen LogP contribution >= 0.6 is 11.3 Å². The molecular weight excluding hydrogens is 422 g/mol. The SMILES string of the molecule is CCc1cccc(C)c1NC(=O)Cn1c(=O)n(-c2ccc(C)cc2C)c(=O)c2sccc21. The number of aryl methyl sites for hydroxylation is 4. The second kappa shape index (κ2) is 8.59. The molecule has 0 spiro atoms. The van der Waals surface area contributed by atoms with Gasteiger partial charge in [-0.2, -0.15) is 0 Å². The van der Waals surface area contributed by atoms with E-state index >= 15 is 0 Å². The van der Waals surface area contributed by atoms with Crippen LogP contribution in [0.3, 0.4) is 0 Å². The van der Waals surface area contributed by atoms with Gasteiger partial charge in [0.25, 0.3) is 5.56 Å². The second-order valence-electron chi connectivity index (χ2n) is 7.94. The number of hydrogen-bond donors (Lipinski definition) is 1. The summed E-state index contributed by atoms with van der Waals surface area (Å²) in [7, 11) is 0. The van der Waals surface area contributed by atoms with E-state index in [2.05, 4.69) is 5.32 Å². The molecule has 164 valence electrons. The fourth-order valence-electron chi connectivity index (χ4n) is 4.03. The van der Waals surface area contributed by atoms with Crippen LogP contribution < -0.4 is 16.6 Å². The fraction of sp³-hybridized carbons (Fsp3) is 0.240. The number of aromatic nitrogens is 2. The Morgan fingerprint density at radius 1 is 1.03 bits per heavy atom. The Labute approximate surface area is 189 Å². The van der Waals surface area contributed by atoms with Crippen LogP contribution in [-0.4, -0.2) is 15.0 Å². The number of hydrogen-bond acceptors (Lipinski definition) is 4. The highest BCUT2D eigenvalue weighted by Crippen LogP contribution is 2.22. The number of thiophene rings is 1. The molecule has 0 bridgehead atoms. The molecule has 1 N–H and O–H groups in total. The van der Waals surface area contributed by atoms with E-state index in [-0.39, 0.29) is 18.0 Å². The molecular formula is C25H25N3O3S. The minimum absolute atomic E-state index is 0.186. The molecule has 4 aromatic rings. The van der Waals surface area contributed by atoms with Crippen LogP contribution in [0, 0.1) is 20.8 Å². The van der Waals surface area contributed by atoms with E-state index in [1.165, 1.54) is 20.5 Å². The lowest BCUT2D eigenvalue weighted by atomic mass is 10.1. The predicted octanol–water partition coefficient (Wildman–Crippen LogP) is 4.34. The van der Waals surface area contributed by atoms with Crippen molar-refractivity contribution in [3.05, 3.63) is 90.9 Å². The largest absolute Gasteiger partial charge is 0.336 e. The molecule has 0 aliphatic carbocycles. The van der Waals surface area contributed by atoms with Crippen molar-refractivity contribution in [2.45, 2.75) is 40.7 Å². The molecule has 2 heterocycles. The normalized spacial score (nSPS) is 11.1. The Kier molecular flexibility index (Phi) is 5.84. The molecule has 2 aromatic heterocycles. The molecule has 7 heteroatoms. The number of nitrogens with one attached hydrogen (secondary N) is 1. The van der Waals surface area contributed by atoms with Gasteiger partial charge in [-0.3, -0.25) is 14.2 Å². The van der Waals surface area contributed by atoms with E-state index in [0.29, 0.717) is 15.9 Å². The second-order valence-corrected chi connectivity index (χ2v) is 8.86. The zero-order valence-corrected chi connectivity index (χ0v) is 19.4. The Bertz CT molecular complexity index is 1460. The van der Waals surface area contributed by atoms with Crippen molar-refractivity contribution in [1.29, 1.82) is 0 Å². The van der Waals surface area contributed by atoms with Crippen LogP contribution in [0.2, 0.25) is 0 Å². The third-order valence-electron chi connectivity index (χ3n) is 5.65. The number of nitrogens with zero attached hydrogens (tertiary/aromatic N) is 2. The van der Waals surface area contributed by atoms with Gasteiger partial charge in [0.05, 0.1) is 11.2 Å². The Morgan fingerprint density at radius 2 is 1.81 bits per heavy atom. The van der Waals surface area contributed by atoms with E-state index < -0.39 is 5.69 Å². The maximum Gasteiger partial charge on any atom is 0.336 e. The number of para-hydroxylation sites is 1. The summed E-state index contributed by atoms with van der Waals surface area (Å²) in [6.45, 7) is 7.62. The van der Waals surface area contributed by atoms with Crippen molar-refractivity contribution in [3.8, 4) is 5.69 Å². The summed E-state index contributed by atoms with van der Waals surface area (Å²) in [5.74, 6) is -0.311. The molecule has 0 atom stereocenters. The zero-order chi connectivity index (χ0) is 23.0. The van der Waals surface area contributed by atoms with Gasteiger partial charge < -0.3 is 5.32 Å². The van der Waals surface area contributed by atoms with Crippen molar-refractivity contribution in [2.24, 2.45) is 0 Å². The average Bonchev–Trinajstić information content (AvgIpc) is 3.24. The molecule has 0 unspecified atom stereocenters. The van der Waals surface area contributed by atoms with E-state index in [1.54, 1.807) is 17.5 Å². The first-order chi connectivity index (χ1) is 15.3. The third kappa shape index (κ3) is 3.80. The molecule has 0 saturated heterocycles. The molecule has 0 aliphatic rings. The third-order valence-corrected chi connectivity index (χ3v) is 6.55. The van der Waals surface area contributed by atoms with Crippen molar-refractivity contribution in [2.75, 3.05) is 5.32 Å². The lowest BCUT2D eigenvalue weighted by molar-refractivity contribution is -0.116. The minimum atomic E-state index is -0.525. The lowest BCUT2D eigenvalue weighted by Crippen LogP contribution is -2.40. The lowest BCUT2D eigenvalue weighted by Gasteiger charge is -2.16. The van der Waals surface area contributed by atoms with E-state index in [9.17, 15) is 14.4 Å². The van der Waals surface area contributed by atoms with Gasteiger partial charge in [-0.1, -0.05) is 42.8 Å². The van der Waals surface area contributed by atoms with E-state index in [4.69, 9.17) is 0 Å². The smallest absolute Gasteiger partial charge is 0.324 e. The van der Waals surface area contributed by atoms with Gasteiger partial charge in [-0.25, -0.2) is 9.36 Å². The van der Waals surface area contributed by atoms with E-state index in [0.717, 1.165) is 34.4 Å². The molecule has 6 nitrogen and oxygen atoms in total. The topological polar surface area (TPSA) is 73.1 Å². The van der Waals surface area contributed by atoms with Gasteiger partial charge in [0.2, 0.25) is 5.91 Å². The van der Waals surface area contributed by atoms with Gasteiger partial charge in [-0.15, -0.1) is 11.3 Å². The first kappa shape index (κ1) is 21.8. The molecule has 2 aromatic carbocycles. The van der Waals surface area contributed by atoms with Gasteiger partial charge in [0, 0.05) is 5.69 Å². The molecule has 1 amide bonds. The van der Waals surface area contributed by atoms with Gasteiger partial charge in [-0.05, 0) is 61.4 Å². The summed E-state index contributed by atoms with van der Waals surface area (Å²) < 4.78 is 3.00. The highest BCUT2D eigenvalue weighted by atomic mass is 32.1. The number of carbonyl (C=O) groups is 1. The van der Waals surface area contributed by atoms with Crippen LogP contribution in [0.1, 0.15) is 29.2 Å². The van der Waals surface area contributed by atoms with Crippen LogP contribution in [-0.2, 0) is 17.8 Å². The zero-order valence-electron chi connectivity index (χ0n) is 18.6. The molecule has 0 aliphatic heterocycles. The van der Waals surface area contributed by atoms with Crippen LogP contribution in [0.4, 0.5) is 5.69 Å². The average molecular weight is 448 g/mol. The van der Waals surface area contributed by atoms with Gasteiger partial charge in [0.15, 0.2) is 0 Å². The summed E-state index contributed by atoms with van der Waals surface area (Å²) in [4.78, 5) is 39.6. The quantitative estimate of drug-likeness (QED) is 0.495. The van der Waals surface area contributed by atoms with Gasteiger partial charge >= 0.3 is 5.69 Å². The Balaban J connectivity index is 1.82. The Hall–Kier alpha value is -3.45. The number of fused-ring (bicyclic) bond motifs is 1. The number of rotatable bonds is 5. The maximum absolute atomic E-state index is 13.5. The van der Waals surface area contributed by atoms with Crippen LogP contribution in [0.15, 0.2) is 57.4 Å². The molecule has 0 saturated carbocycles. The summed E-state index contributed by atoms with van der Waals surface area (Å²) >= 11 is 1.27. The minimum Gasteiger partial charge on any atom is -0.324 e. The Morgan fingerprint density at radius 3 is 2.53 bits per heavy atom. The number of amides is 1. The maximum atomic E-state index is 13.5. The highest BCUT2D eigenvalue weighted by Gasteiger charge is 2.19. The number of anilines is 1. The standard InChI is InChI=1S/C25H25N3O3S/c1-5-18-8-6-7-16(3)22(18)26-21(29)14-27-20-11-12-32-23(20)24(30)28(25(27)31)19-10-9-15(2)13-17(19)4/h6-13H,5,14H2,1-4H3,(H,26,29). The number of carbonyl (C=O) groups excluding carboxylic acids is 1. The van der Waals surface area contributed by atoms with Crippen LogP contribution in [0.5, 0.6) is 0 Å². The molecule has 0 radical (unpaired) electrons. The fourth-order valence-corrected chi connectivity index (χ4v) is 4.86.